The number of aromatic nitrogens is 5. The zero-order valence-corrected chi connectivity index (χ0v) is 11.1. The average Bonchev–Trinajstić information content (AvgIpc) is 3.09. The van der Waals surface area contributed by atoms with E-state index in [2.05, 4.69) is 15.4 Å². The van der Waals surface area contributed by atoms with Gasteiger partial charge >= 0.3 is 5.97 Å². The Balaban J connectivity index is 1.65. The third-order valence-corrected chi connectivity index (χ3v) is 3.60. The van der Waals surface area contributed by atoms with Gasteiger partial charge in [-0.2, -0.15) is 5.10 Å². The van der Waals surface area contributed by atoms with Gasteiger partial charge in [-0.3, -0.25) is 9.48 Å². The second-order valence-electron chi connectivity index (χ2n) is 5.20. The van der Waals surface area contributed by atoms with Crippen molar-refractivity contribution in [3.8, 4) is 0 Å². The number of carboxylic acids is 1. The first-order valence-electron chi connectivity index (χ1n) is 6.85. The maximum Gasteiger partial charge on any atom is 0.309 e. The molecule has 1 N–H and O–H groups in total. The standard InChI is InChI=1S/C13H17N5O2/c19-13(20)7-11-9-17(16-14-11)8-10-5-6-18(15-10)12-3-1-2-4-12/h5-6,9,12H,1-4,7-8H2,(H,19,20). The molecular formula is C13H17N5O2. The zero-order valence-electron chi connectivity index (χ0n) is 11.1. The Morgan fingerprint density at radius 3 is 2.90 bits per heavy atom. The van der Waals surface area contributed by atoms with Gasteiger partial charge in [-0.15, -0.1) is 5.10 Å². The summed E-state index contributed by atoms with van der Waals surface area (Å²) in [5, 5.41) is 21.0. The molecule has 2 heterocycles. The van der Waals surface area contributed by atoms with Crippen molar-refractivity contribution >= 4 is 5.97 Å². The van der Waals surface area contributed by atoms with Crippen LogP contribution >= 0.6 is 0 Å². The summed E-state index contributed by atoms with van der Waals surface area (Å²) in [6.07, 6.45) is 8.53. The highest BCUT2D eigenvalue weighted by molar-refractivity contribution is 5.69. The molecule has 2 aromatic rings. The molecule has 0 bridgehead atoms. The van der Waals surface area contributed by atoms with E-state index in [1.54, 1.807) is 10.9 Å². The Morgan fingerprint density at radius 1 is 1.35 bits per heavy atom. The van der Waals surface area contributed by atoms with Crippen LogP contribution in [0.15, 0.2) is 18.5 Å². The molecule has 20 heavy (non-hydrogen) atoms. The molecule has 0 aromatic carbocycles. The van der Waals surface area contributed by atoms with Gasteiger partial charge in [-0.1, -0.05) is 18.1 Å². The van der Waals surface area contributed by atoms with E-state index in [9.17, 15) is 4.79 Å². The molecule has 106 valence electrons. The Labute approximate surface area is 116 Å². The van der Waals surface area contributed by atoms with Crippen molar-refractivity contribution in [3.63, 3.8) is 0 Å². The van der Waals surface area contributed by atoms with Gasteiger partial charge in [0.15, 0.2) is 0 Å². The first-order valence-corrected chi connectivity index (χ1v) is 6.85. The van der Waals surface area contributed by atoms with Crippen LogP contribution in [0, 0.1) is 0 Å². The average molecular weight is 275 g/mol. The Bertz CT molecular complexity index is 597. The normalized spacial score (nSPS) is 15.8. The molecule has 1 aliphatic carbocycles. The van der Waals surface area contributed by atoms with Gasteiger partial charge in [-0.25, -0.2) is 4.68 Å². The van der Waals surface area contributed by atoms with Crippen LogP contribution in [0.4, 0.5) is 0 Å². The quantitative estimate of drug-likeness (QED) is 0.888. The summed E-state index contributed by atoms with van der Waals surface area (Å²) in [6.45, 7) is 0.520. The SMILES string of the molecule is O=C(O)Cc1cn(Cc2ccn(C3CCCC3)n2)nn1. The molecule has 2 aromatic heterocycles. The molecule has 1 fully saturated rings. The molecule has 0 aliphatic heterocycles. The van der Waals surface area contributed by atoms with Crippen LogP contribution in [0.5, 0.6) is 0 Å². The Hall–Kier alpha value is -2.18. The van der Waals surface area contributed by atoms with Crippen LogP contribution in [0.2, 0.25) is 0 Å². The van der Waals surface area contributed by atoms with Crippen LogP contribution in [-0.4, -0.2) is 35.9 Å². The largest absolute Gasteiger partial charge is 0.481 e. The van der Waals surface area contributed by atoms with Gasteiger partial charge in [0, 0.05) is 12.4 Å². The van der Waals surface area contributed by atoms with E-state index in [0.717, 1.165) is 5.69 Å². The van der Waals surface area contributed by atoms with E-state index in [-0.39, 0.29) is 6.42 Å². The van der Waals surface area contributed by atoms with E-state index in [1.807, 2.05) is 16.9 Å². The van der Waals surface area contributed by atoms with Crippen LogP contribution in [0.3, 0.4) is 0 Å². The maximum absolute atomic E-state index is 10.6. The van der Waals surface area contributed by atoms with E-state index in [0.29, 0.717) is 18.3 Å². The van der Waals surface area contributed by atoms with Gasteiger partial charge < -0.3 is 5.11 Å². The summed E-state index contributed by atoms with van der Waals surface area (Å²) in [6, 6.07) is 2.51. The minimum Gasteiger partial charge on any atom is -0.481 e. The lowest BCUT2D eigenvalue weighted by molar-refractivity contribution is -0.136. The monoisotopic (exact) mass is 275 g/mol. The second kappa shape index (κ2) is 5.44. The summed E-state index contributed by atoms with van der Waals surface area (Å²) >= 11 is 0. The van der Waals surface area contributed by atoms with E-state index < -0.39 is 5.97 Å². The number of hydrogen-bond acceptors (Lipinski definition) is 4. The minimum atomic E-state index is -0.900. The topological polar surface area (TPSA) is 85.8 Å². The molecule has 1 aliphatic rings. The van der Waals surface area contributed by atoms with Crippen molar-refractivity contribution in [2.45, 2.75) is 44.7 Å². The summed E-state index contributed by atoms with van der Waals surface area (Å²) in [5.41, 5.74) is 1.39. The minimum absolute atomic E-state index is 0.101. The Morgan fingerprint density at radius 2 is 2.15 bits per heavy atom. The number of aliphatic carboxylic acids is 1. The lowest BCUT2D eigenvalue weighted by atomic mass is 10.3. The van der Waals surface area contributed by atoms with E-state index in [4.69, 9.17) is 5.11 Å². The van der Waals surface area contributed by atoms with Crippen LogP contribution in [0.25, 0.3) is 0 Å². The lowest BCUT2D eigenvalue weighted by Gasteiger charge is -2.08. The van der Waals surface area contributed by atoms with Crippen molar-refractivity contribution < 1.29 is 9.90 Å². The van der Waals surface area contributed by atoms with Crippen molar-refractivity contribution in [2.24, 2.45) is 0 Å². The van der Waals surface area contributed by atoms with Gasteiger partial charge in [0.25, 0.3) is 0 Å². The molecule has 0 radical (unpaired) electrons. The molecule has 0 saturated heterocycles. The number of rotatable bonds is 5. The molecule has 0 atom stereocenters. The molecule has 1 saturated carbocycles. The number of nitrogens with zero attached hydrogens (tertiary/aromatic N) is 5. The molecule has 0 spiro atoms. The predicted molar refractivity (Wildman–Crippen MR) is 70.2 cm³/mol. The van der Waals surface area contributed by atoms with Crippen LogP contribution in [-0.2, 0) is 17.8 Å². The van der Waals surface area contributed by atoms with Gasteiger partial charge in [0.05, 0.1) is 30.4 Å². The van der Waals surface area contributed by atoms with Crippen molar-refractivity contribution in [2.75, 3.05) is 0 Å². The zero-order chi connectivity index (χ0) is 13.9. The molecule has 0 unspecified atom stereocenters. The summed E-state index contributed by atoms with van der Waals surface area (Å²) < 4.78 is 3.66. The highest BCUT2D eigenvalue weighted by Crippen LogP contribution is 2.28. The molecule has 0 amide bonds. The molecule has 7 heteroatoms. The third-order valence-electron chi connectivity index (χ3n) is 3.60. The highest BCUT2D eigenvalue weighted by atomic mass is 16.4. The number of hydrogen-bond donors (Lipinski definition) is 1. The molecular weight excluding hydrogens is 258 g/mol. The van der Waals surface area contributed by atoms with Gasteiger partial charge in [-0.05, 0) is 18.9 Å². The van der Waals surface area contributed by atoms with Crippen molar-refractivity contribution in [1.29, 1.82) is 0 Å². The maximum atomic E-state index is 10.6. The Kier molecular flexibility index (Phi) is 3.49. The summed E-state index contributed by atoms with van der Waals surface area (Å²) in [4.78, 5) is 10.6. The highest BCUT2D eigenvalue weighted by Gasteiger charge is 2.17. The van der Waals surface area contributed by atoms with Crippen LogP contribution < -0.4 is 0 Å². The first-order chi connectivity index (χ1) is 9.70. The molecule has 3 rings (SSSR count). The van der Waals surface area contributed by atoms with Gasteiger partial charge in [0.1, 0.15) is 0 Å². The van der Waals surface area contributed by atoms with Crippen molar-refractivity contribution in [1.82, 2.24) is 24.8 Å². The lowest BCUT2D eigenvalue weighted by Crippen LogP contribution is -2.07. The molecule has 7 nitrogen and oxygen atoms in total. The van der Waals surface area contributed by atoms with Crippen LogP contribution in [0.1, 0.15) is 43.1 Å². The fourth-order valence-electron chi connectivity index (χ4n) is 2.65. The van der Waals surface area contributed by atoms with Gasteiger partial charge in [0.2, 0.25) is 0 Å². The first kappa shape index (κ1) is 12.8. The van der Waals surface area contributed by atoms with Crippen molar-refractivity contribution in [3.05, 3.63) is 29.8 Å². The number of carboxylic acid groups (broad SMARTS) is 1. The smallest absolute Gasteiger partial charge is 0.309 e. The second-order valence-corrected chi connectivity index (χ2v) is 5.20. The fraction of sp³-hybridized carbons (Fsp3) is 0.538. The predicted octanol–water partition coefficient (Wildman–Crippen LogP) is 1.27. The third kappa shape index (κ3) is 2.87. The number of carbonyl (C=O) groups is 1. The van der Waals surface area contributed by atoms with E-state index in [1.165, 1.54) is 25.7 Å². The summed E-state index contributed by atoms with van der Waals surface area (Å²) in [5.74, 6) is -0.900. The summed E-state index contributed by atoms with van der Waals surface area (Å²) in [7, 11) is 0. The fourth-order valence-corrected chi connectivity index (χ4v) is 2.65. The van der Waals surface area contributed by atoms with E-state index >= 15 is 0 Å².